The molecule has 2 heteroatoms. The molecule has 0 aliphatic heterocycles. The van der Waals surface area contributed by atoms with Crippen LogP contribution in [0, 0.1) is 12.7 Å². The largest absolute Gasteiger partial charge is 0.256 e. The second-order valence-electron chi connectivity index (χ2n) is 5.83. The van der Waals surface area contributed by atoms with E-state index in [0.717, 1.165) is 40.4 Å². The molecule has 3 aromatic rings. The van der Waals surface area contributed by atoms with E-state index in [2.05, 4.69) is 35.3 Å². The van der Waals surface area contributed by atoms with Crippen LogP contribution >= 0.6 is 0 Å². The lowest BCUT2D eigenvalue weighted by Crippen LogP contribution is -2.00. The minimum atomic E-state index is -0.191. The Kier molecular flexibility index (Phi) is 3.04. The Labute approximate surface area is 129 Å². The molecule has 0 saturated carbocycles. The first kappa shape index (κ1) is 13.2. The number of fused-ring (bicyclic) bond motifs is 2. The standard InChI is InChI=1S/C20H16FN/c1-13-10-16(11-15-6-7-17(21)12-19(13)15)20-18-5-3-2-4-14(18)8-9-22-20/h2,4,6-12H,3,5H2,1H3. The molecule has 2 aromatic carbocycles. The van der Waals surface area contributed by atoms with Gasteiger partial charge in [-0.25, -0.2) is 4.39 Å². The van der Waals surface area contributed by atoms with E-state index in [1.807, 2.05) is 19.2 Å². The molecule has 0 fully saturated rings. The van der Waals surface area contributed by atoms with Gasteiger partial charge in [-0.2, -0.15) is 0 Å². The fraction of sp³-hybridized carbons (Fsp3) is 0.150. The van der Waals surface area contributed by atoms with Crippen molar-refractivity contribution >= 4 is 16.8 Å². The van der Waals surface area contributed by atoms with E-state index in [1.165, 1.54) is 17.2 Å². The van der Waals surface area contributed by atoms with Crippen molar-refractivity contribution in [2.75, 3.05) is 0 Å². The van der Waals surface area contributed by atoms with Crippen molar-refractivity contribution in [3.63, 3.8) is 0 Å². The average Bonchev–Trinajstić information content (AvgIpc) is 2.55. The zero-order valence-corrected chi connectivity index (χ0v) is 12.4. The van der Waals surface area contributed by atoms with Crippen LogP contribution in [0.4, 0.5) is 4.39 Å². The maximum Gasteiger partial charge on any atom is 0.123 e. The molecule has 0 radical (unpaired) electrons. The molecule has 1 aliphatic rings. The molecular formula is C20H16FN. The Morgan fingerprint density at radius 1 is 1.09 bits per heavy atom. The van der Waals surface area contributed by atoms with Crippen molar-refractivity contribution in [2.24, 2.45) is 0 Å². The number of rotatable bonds is 1. The van der Waals surface area contributed by atoms with Crippen LogP contribution in [-0.2, 0) is 6.42 Å². The number of hydrogen-bond donors (Lipinski definition) is 0. The number of allylic oxidation sites excluding steroid dienone is 1. The van der Waals surface area contributed by atoms with Crippen molar-refractivity contribution in [3.8, 4) is 11.3 Å². The fourth-order valence-corrected chi connectivity index (χ4v) is 3.27. The summed E-state index contributed by atoms with van der Waals surface area (Å²) in [6.45, 7) is 2.03. The average molecular weight is 289 g/mol. The van der Waals surface area contributed by atoms with Gasteiger partial charge in [0, 0.05) is 11.8 Å². The van der Waals surface area contributed by atoms with Gasteiger partial charge in [0.15, 0.2) is 0 Å². The topological polar surface area (TPSA) is 12.9 Å². The molecule has 108 valence electrons. The van der Waals surface area contributed by atoms with Gasteiger partial charge in [0.05, 0.1) is 5.69 Å². The molecule has 0 bridgehead atoms. The highest BCUT2D eigenvalue weighted by Crippen LogP contribution is 2.32. The molecule has 0 unspecified atom stereocenters. The van der Waals surface area contributed by atoms with Crippen molar-refractivity contribution in [1.29, 1.82) is 0 Å². The Hall–Kier alpha value is -2.48. The van der Waals surface area contributed by atoms with Crippen molar-refractivity contribution in [1.82, 2.24) is 4.98 Å². The lowest BCUT2D eigenvalue weighted by Gasteiger charge is -2.15. The fourth-order valence-electron chi connectivity index (χ4n) is 3.27. The summed E-state index contributed by atoms with van der Waals surface area (Å²) in [7, 11) is 0. The van der Waals surface area contributed by atoms with E-state index in [4.69, 9.17) is 0 Å². The van der Waals surface area contributed by atoms with Gasteiger partial charge in [-0.15, -0.1) is 0 Å². The van der Waals surface area contributed by atoms with E-state index in [9.17, 15) is 4.39 Å². The summed E-state index contributed by atoms with van der Waals surface area (Å²) in [5.74, 6) is -0.191. The SMILES string of the molecule is Cc1cc(-c2nccc3c2CCC=C3)cc2ccc(F)cc12. The summed E-state index contributed by atoms with van der Waals surface area (Å²) in [6.07, 6.45) is 8.33. The minimum absolute atomic E-state index is 0.191. The molecule has 0 N–H and O–H groups in total. The molecule has 0 saturated heterocycles. The van der Waals surface area contributed by atoms with Crippen LogP contribution in [0.15, 0.2) is 48.7 Å². The van der Waals surface area contributed by atoms with Crippen molar-refractivity contribution < 1.29 is 4.39 Å². The highest BCUT2D eigenvalue weighted by Gasteiger charge is 2.13. The van der Waals surface area contributed by atoms with E-state index < -0.39 is 0 Å². The van der Waals surface area contributed by atoms with Crippen LogP contribution in [0.1, 0.15) is 23.1 Å². The Morgan fingerprint density at radius 2 is 2.00 bits per heavy atom. The minimum Gasteiger partial charge on any atom is -0.256 e. The third-order valence-corrected chi connectivity index (χ3v) is 4.35. The summed E-state index contributed by atoms with van der Waals surface area (Å²) in [6, 6.07) is 11.3. The number of halogens is 1. The lowest BCUT2D eigenvalue weighted by atomic mass is 9.91. The van der Waals surface area contributed by atoms with E-state index >= 15 is 0 Å². The quantitative estimate of drug-likeness (QED) is 0.591. The molecule has 0 amide bonds. The first-order valence-electron chi connectivity index (χ1n) is 7.57. The monoisotopic (exact) mass is 289 g/mol. The van der Waals surface area contributed by atoms with Gasteiger partial charge in [-0.3, -0.25) is 4.98 Å². The highest BCUT2D eigenvalue weighted by molar-refractivity contribution is 5.90. The zero-order chi connectivity index (χ0) is 15.1. The maximum absolute atomic E-state index is 13.4. The first-order chi connectivity index (χ1) is 10.7. The molecule has 1 aliphatic carbocycles. The van der Waals surface area contributed by atoms with Crippen LogP contribution in [-0.4, -0.2) is 4.98 Å². The van der Waals surface area contributed by atoms with Crippen LogP contribution < -0.4 is 0 Å². The van der Waals surface area contributed by atoms with Crippen LogP contribution in [0.5, 0.6) is 0 Å². The number of hydrogen-bond acceptors (Lipinski definition) is 1. The summed E-state index contributed by atoms with van der Waals surface area (Å²) in [4.78, 5) is 4.62. The summed E-state index contributed by atoms with van der Waals surface area (Å²) < 4.78 is 13.4. The molecule has 1 nitrogen and oxygen atoms in total. The van der Waals surface area contributed by atoms with Gasteiger partial charge in [-0.1, -0.05) is 18.2 Å². The zero-order valence-electron chi connectivity index (χ0n) is 12.4. The smallest absolute Gasteiger partial charge is 0.123 e. The van der Waals surface area contributed by atoms with Crippen LogP contribution in [0.25, 0.3) is 28.1 Å². The summed E-state index contributed by atoms with van der Waals surface area (Å²) >= 11 is 0. The van der Waals surface area contributed by atoms with Gasteiger partial charge in [-0.05, 0) is 77.6 Å². The van der Waals surface area contributed by atoms with E-state index in [-0.39, 0.29) is 5.82 Å². The molecule has 4 rings (SSSR count). The normalized spacial score (nSPS) is 13.4. The first-order valence-corrected chi connectivity index (χ1v) is 7.57. The number of benzene rings is 2. The van der Waals surface area contributed by atoms with Gasteiger partial charge in [0.25, 0.3) is 0 Å². The summed E-state index contributed by atoms with van der Waals surface area (Å²) in [5, 5.41) is 2.02. The highest BCUT2D eigenvalue weighted by atomic mass is 19.1. The van der Waals surface area contributed by atoms with Gasteiger partial charge >= 0.3 is 0 Å². The second kappa shape index (κ2) is 5.06. The maximum atomic E-state index is 13.4. The van der Waals surface area contributed by atoms with Crippen molar-refractivity contribution in [2.45, 2.75) is 19.8 Å². The Balaban J connectivity index is 1.96. The predicted octanol–water partition coefficient (Wildman–Crippen LogP) is 5.31. The number of nitrogens with zero attached hydrogens (tertiary/aromatic N) is 1. The predicted molar refractivity (Wildman–Crippen MR) is 89.2 cm³/mol. The summed E-state index contributed by atoms with van der Waals surface area (Å²) in [5.41, 5.74) is 5.82. The van der Waals surface area contributed by atoms with Gasteiger partial charge in [0.1, 0.15) is 5.82 Å². The Bertz CT molecular complexity index is 909. The molecule has 1 heterocycles. The third kappa shape index (κ3) is 2.12. The van der Waals surface area contributed by atoms with Crippen LogP contribution in [0.3, 0.4) is 0 Å². The second-order valence-corrected chi connectivity index (χ2v) is 5.83. The number of aromatic nitrogens is 1. The molecule has 0 atom stereocenters. The molecular weight excluding hydrogens is 273 g/mol. The van der Waals surface area contributed by atoms with Crippen molar-refractivity contribution in [3.05, 3.63) is 71.2 Å². The third-order valence-electron chi connectivity index (χ3n) is 4.35. The lowest BCUT2D eigenvalue weighted by molar-refractivity contribution is 0.629. The van der Waals surface area contributed by atoms with E-state index in [0.29, 0.717) is 0 Å². The van der Waals surface area contributed by atoms with E-state index in [1.54, 1.807) is 6.07 Å². The van der Waals surface area contributed by atoms with Crippen LogP contribution in [0.2, 0.25) is 0 Å². The molecule has 1 aromatic heterocycles. The Morgan fingerprint density at radius 3 is 2.91 bits per heavy atom. The number of aryl methyl sites for hydroxylation is 1. The molecule has 0 spiro atoms. The number of pyridine rings is 1. The molecule has 22 heavy (non-hydrogen) atoms. The van der Waals surface area contributed by atoms with Gasteiger partial charge in [0.2, 0.25) is 0 Å². The van der Waals surface area contributed by atoms with Gasteiger partial charge < -0.3 is 0 Å².